The molecule has 0 aromatic carbocycles. The average molecular weight is 269 g/mol. The van der Waals surface area contributed by atoms with E-state index in [4.69, 9.17) is 11.6 Å². The molecule has 0 aliphatic rings. The Kier molecular flexibility index (Phi) is 6.10. The molecule has 0 aliphatic carbocycles. The van der Waals surface area contributed by atoms with Crippen LogP contribution < -0.4 is 5.32 Å². The summed E-state index contributed by atoms with van der Waals surface area (Å²) >= 11 is 6.21. The molecule has 0 amide bonds. The highest BCUT2D eigenvalue weighted by molar-refractivity contribution is 6.31. The molecule has 3 heteroatoms. The first-order valence-corrected chi connectivity index (χ1v) is 7.20. The third kappa shape index (κ3) is 4.25. The number of aromatic nitrogens is 1. The van der Waals surface area contributed by atoms with Gasteiger partial charge in [0.1, 0.15) is 0 Å². The number of pyridine rings is 1. The molecule has 1 aromatic heterocycles. The van der Waals surface area contributed by atoms with Gasteiger partial charge in [-0.05, 0) is 42.9 Å². The lowest BCUT2D eigenvalue weighted by molar-refractivity contribution is 0.230. The first-order valence-electron chi connectivity index (χ1n) is 6.83. The largest absolute Gasteiger partial charge is 0.313 e. The van der Waals surface area contributed by atoms with Gasteiger partial charge in [-0.15, -0.1) is 0 Å². The molecule has 1 N–H and O–H groups in total. The summed E-state index contributed by atoms with van der Waals surface area (Å²) in [5.74, 6) is 0. The fourth-order valence-electron chi connectivity index (χ4n) is 1.98. The molecular weight excluding hydrogens is 244 g/mol. The average Bonchev–Trinajstić information content (AvgIpc) is 2.36. The highest BCUT2D eigenvalue weighted by Gasteiger charge is 2.27. The molecule has 1 heterocycles. The molecule has 2 nitrogen and oxygen atoms in total. The van der Waals surface area contributed by atoms with Crippen LogP contribution >= 0.6 is 11.6 Å². The molecule has 102 valence electrons. The van der Waals surface area contributed by atoms with Crippen molar-refractivity contribution in [1.29, 1.82) is 0 Å². The van der Waals surface area contributed by atoms with E-state index in [0.29, 0.717) is 6.04 Å². The summed E-state index contributed by atoms with van der Waals surface area (Å²) in [5.41, 5.74) is 1.45. The lowest BCUT2D eigenvalue weighted by Gasteiger charge is -2.34. The normalized spacial score (nSPS) is 13.6. The van der Waals surface area contributed by atoms with Crippen LogP contribution in [0.1, 0.15) is 46.1 Å². The Hall–Kier alpha value is -0.600. The van der Waals surface area contributed by atoms with E-state index in [2.05, 4.69) is 38.0 Å². The maximum absolute atomic E-state index is 6.21. The van der Waals surface area contributed by atoms with E-state index in [1.807, 2.05) is 12.3 Å². The first kappa shape index (κ1) is 15.5. The van der Waals surface area contributed by atoms with Crippen LogP contribution in [-0.4, -0.2) is 17.6 Å². The minimum absolute atomic E-state index is 0.266. The van der Waals surface area contributed by atoms with Gasteiger partial charge in [0.15, 0.2) is 0 Å². The topological polar surface area (TPSA) is 24.9 Å². The Morgan fingerprint density at radius 1 is 1.39 bits per heavy atom. The van der Waals surface area contributed by atoms with Crippen LogP contribution in [0.25, 0.3) is 0 Å². The first-order chi connectivity index (χ1) is 8.51. The third-order valence-electron chi connectivity index (χ3n) is 3.78. The Morgan fingerprint density at radius 3 is 2.67 bits per heavy atom. The molecule has 1 atom stereocenters. The summed E-state index contributed by atoms with van der Waals surface area (Å²) in [6.45, 7) is 10.1. The summed E-state index contributed by atoms with van der Waals surface area (Å²) in [6, 6.07) is 2.47. The Balaban J connectivity index is 2.81. The smallest absolute Gasteiger partial charge is 0.0621 e. The van der Waals surface area contributed by atoms with E-state index < -0.39 is 0 Å². The van der Waals surface area contributed by atoms with Crippen molar-refractivity contribution in [3.63, 3.8) is 0 Å². The maximum atomic E-state index is 6.21. The predicted molar refractivity (Wildman–Crippen MR) is 79.1 cm³/mol. The molecular formula is C15H25ClN2. The second kappa shape index (κ2) is 7.10. The van der Waals surface area contributed by atoms with Gasteiger partial charge in [0.2, 0.25) is 0 Å². The zero-order valence-corrected chi connectivity index (χ0v) is 12.7. The van der Waals surface area contributed by atoms with Gasteiger partial charge in [-0.25, -0.2) is 0 Å². The minimum atomic E-state index is 0.266. The van der Waals surface area contributed by atoms with Crippen molar-refractivity contribution in [3.05, 3.63) is 29.0 Å². The van der Waals surface area contributed by atoms with E-state index in [9.17, 15) is 0 Å². The molecule has 1 rings (SSSR count). The van der Waals surface area contributed by atoms with Crippen LogP contribution in [0.2, 0.25) is 5.02 Å². The molecule has 1 unspecified atom stereocenters. The molecule has 0 fully saturated rings. The molecule has 0 saturated heterocycles. The van der Waals surface area contributed by atoms with Crippen LogP contribution in [-0.2, 0) is 6.42 Å². The molecule has 1 aromatic rings. The van der Waals surface area contributed by atoms with Crippen LogP contribution in [0.4, 0.5) is 0 Å². The van der Waals surface area contributed by atoms with Crippen molar-refractivity contribution in [2.45, 2.75) is 53.0 Å². The van der Waals surface area contributed by atoms with Crippen molar-refractivity contribution in [2.75, 3.05) is 6.54 Å². The van der Waals surface area contributed by atoms with Crippen molar-refractivity contribution < 1.29 is 0 Å². The highest BCUT2D eigenvalue weighted by Crippen LogP contribution is 2.28. The summed E-state index contributed by atoms with van der Waals surface area (Å²) in [7, 11) is 0. The number of rotatable bonds is 7. The van der Waals surface area contributed by atoms with Gasteiger partial charge >= 0.3 is 0 Å². The number of nitrogens with zero attached hydrogens (tertiary/aromatic N) is 1. The molecule has 0 radical (unpaired) electrons. The van der Waals surface area contributed by atoms with Gasteiger partial charge in [0.25, 0.3) is 0 Å². The van der Waals surface area contributed by atoms with Gasteiger partial charge in [0, 0.05) is 18.4 Å². The van der Waals surface area contributed by atoms with Crippen molar-refractivity contribution in [2.24, 2.45) is 5.41 Å². The van der Waals surface area contributed by atoms with Gasteiger partial charge in [0.05, 0.1) is 5.02 Å². The third-order valence-corrected chi connectivity index (χ3v) is 4.12. The summed E-state index contributed by atoms with van der Waals surface area (Å²) in [5, 5.41) is 4.43. The Labute approximate surface area is 116 Å². The number of nitrogens with one attached hydrogen (secondary N) is 1. The highest BCUT2D eigenvalue weighted by atomic mass is 35.5. The lowest BCUT2D eigenvalue weighted by atomic mass is 9.79. The number of hydrogen-bond donors (Lipinski definition) is 1. The van der Waals surface area contributed by atoms with Crippen LogP contribution in [0.15, 0.2) is 18.5 Å². The Morgan fingerprint density at radius 2 is 2.11 bits per heavy atom. The second-order valence-corrected chi connectivity index (χ2v) is 5.93. The van der Waals surface area contributed by atoms with Crippen molar-refractivity contribution in [1.82, 2.24) is 10.3 Å². The second-order valence-electron chi connectivity index (χ2n) is 5.52. The molecule has 0 saturated carbocycles. The SMILES string of the molecule is CCCNC(Cc1ccncc1Cl)C(C)(C)CC. The summed E-state index contributed by atoms with van der Waals surface area (Å²) in [6.07, 6.45) is 6.81. The van der Waals surface area contributed by atoms with E-state index in [0.717, 1.165) is 30.8 Å². The summed E-state index contributed by atoms with van der Waals surface area (Å²) < 4.78 is 0. The van der Waals surface area contributed by atoms with E-state index in [1.54, 1.807) is 6.20 Å². The lowest BCUT2D eigenvalue weighted by Crippen LogP contribution is -2.43. The molecule has 0 spiro atoms. The monoisotopic (exact) mass is 268 g/mol. The van der Waals surface area contributed by atoms with Crippen molar-refractivity contribution in [3.8, 4) is 0 Å². The molecule has 18 heavy (non-hydrogen) atoms. The van der Waals surface area contributed by atoms with Gasteiger partial charge in [-0.3, -0.25) is 4.98 Å². The van der Waals surface area contributed by atoms with Crippen LogP contribution in [0, 0.1) is 5.41 Å². The zero-order chi connectivity index (χ0) is 13.6. The van der Waals surface area contributed by atoms with E-state index in [1.165, 1.54) is 5.56 Å². The predicted octanol–water partition coefficient (Wildman–Crippen LogP) is 4.08. The van der Waals surface area contributed by atoms with Gasteiger partial charge in [-0.2, -0.15) is 0 Å². The summed E-state index contributed by atoms with van der Waals surface area (Å²) in [4.78, 5) is 4.04. The number of halogens is 1. The molecule has 0 bridgehead atoms. The number of hydrogen-bond acceptors (Lipinski definition) is 2. The maximum Gasteiger partial charge on any atom is 0.0621 e. The minimum Gasteiger partial charge on any atom is -0.313 e. The standard InChI is InChI=1S/C15H25ClN2/c1-5-8-18-14(15(3,4)6-2)10-12-7-9-17-11-13(12)16/h7,9,11,14,18H,5-6,8,10H2,1-4H3. The van der Waals surface area contributed by atoms with Crippen LogP contribution in [0.5, 0.6) is 0 Å². The zero-order valence-electron chi connectivity index (χ0n) is 12.0. The Bertz CT molecular complexity index is 363. The van der Waals surface area contributed by atoms with E-state index >= 15 is 0 Å². The quantitative estimate of drug-likeness (QED) is 0.806. The van der Waals surface area contributed by atoms with Crippen LogP contribution in [0.3, 0.4) is 0 Å². The fourth-order valence-corrected chi connectivity index (χ4v) is 2.18. The van der Waals surface area contributed by atoms with Crippen molar-refractivity contribution >= 4 is 11.6 Å². The molecule has 0 aliphatic heterocycles. The van der Waals surface area contributed by atoms with Gasteiger partial charge in [-0.1, -0.05) is 39.3 Å². The van der Waals surface area contributed by atoms with Gasteiger partial charge < -0.3 is 5.32 Å². The van der Waals surface area contributed by atoms with E-state index in [-0.39, 0.29) is 5.41 Å². The fraction of sp³-hybridized carbons (Fsp3) is 0.667.